The highest BCUT2D eigenvalue weighted by Gasteiger charge is 2.21. The zero-order valence-electron chi connectivity index (χ0n) is 11.5. The summed E-state index contributed by atoms with van der Waals surface area (Å²) in [6, 6.07) is 10.9. The van der Waals surface area contributed by atoms with Crippen LogP contribution in [0.5, 0.6) is 11.5 Å². The summed E-state index contributed by atoms with van der Waals surface area (Å²) in [4.78, 5) is 11.7. The molecule has 2 aromatic rings. The number of benzene rings is 1. The van der Waals surface area contributed by atoms with Gasteiger partial charge < -0.3 is 18.6 Å². The largest absolute Gasteiger partial charge is 0.486 e. The average Bonchev–Trinajstić information content (AvgIpc) is 2.96. The SMILES string of the molecule is O=C(/C=C/c1ccc(Br)o1)OCC1COc2ccccc2O1. The molecule has 0 bridgehead atoms. The number of carbonyl (C=O) groups excluding carboxylic acids is 1. The molecule has 0 N–H and O–H groups in total. The summed E-state index contributed by atoms with van der Waals surface area (Å²) in [6.07, 6.45) is 2.54. The number of furan rings is 1. The van der Waals surface area contributed by atoms with E-state index >= 15 is 0 Å². The van der Waals surface area contributed by atoms with Gasteiger partial charge >= 0.3 is 5.97 Å². The Labute approximate surface area is 135 Å². The van der Waals surface area contributed by atoms with E-state index < -0.39 is 5.97 Å². The molecule has 1 aliphatic heterocycles. The smallest absolute Gasteiger partial charge is 0.331 e. The second-order valence-corrected chi connectivity index (χ2v) is 5.38. The van der Waals surface area contributed by atoms with Gasteiger partial charge in [-0.15, -0.1) is 0 Å². The van der Waals surface area contributed by atoms with Gasteiger partial charge in [-0.3, -0.25) is 0 Å². The molecule has 1 aliphatic rings. The van der Waals surface area contributed by atoms with Crippen LogP contribution in [-0.2, 0) is 9.53 Å². The summed E-state index contributed by atoms with van der Waals surface area (Å²) in [7, 11) is 0. The van der Waals surface area contributed by atoms with Crippen LogP contribution in [0.4, 0.5) is 0 Å². The minimum atomic E-state index is -0.463. The predicted octanol–water partition coefficient (Wildman–Crippen LogP) is 3.44. The lowest BCUT2D eigenvalue weighted by atomic mass is 10.3. The fraction of sp³-hybridized carbons (Fsp3) is 0.188. The van der Waals surface area contributed by atoms with Gasteiger partial charge in [0.15, 0.2) is 22.3 Å². The number of hydrogen-bond donors (Lipinski definition) is 0. The van der Waals surface area contributed by atoms with Crippen molar-refractivity contribution in [2.75, 3.05) is 13.2 Å². The highest BCUT2D eigenvalue weighted by atomic mass is 79.9. The molecule has 0 saturated heterocycles. The summed E-state index contributed by atoms with van der Waals surface area (Å²) < 4.78 is 22.2. The third-order valence-corrected chi connectivity index (χ3v) is 3.38. The summed E-state index contributed by atoms with van der Waals surface area (Å²) in [5.41, 5.74) is 0. The van der Waals surface area contributed by atoms with Gasteiger partial charge in [-0.1, -0.05) is 12.1 Å². The van der Waals surface area contributed by atoms with Crippen LogP contribution in [0.25, 0.3) is 6.08 Å². The van der Waals surface area contributed by atoms with Crippen molar-refractivity contribution in [2.45, 2.75) is 6.10 Å². The molecule has 114 valence electrons. The average molecular weight is 365 g/mol. The number of carbonyl (C=O) groups is 1. The Bertz CT molecular complexity index is 691. The normalized spacial score (nSPS) is 16.7. The van der Waals surface area contributed by atoms with Crippen LogP contribution in [0.1, 0.15) is 5.76 Å². The molecule has 3 rings (SSSR count). The van der Waals surface area contributed by atoms with E-state index in [0.717, 1.165) is 0 Å². The lowest BCUT2D eigenvalue weighted by Gasteiger charge is -2.25. The van der Waals surface area contributed by atoms with Crippen LogP contribution in [0, 0.1) is 0 Å². The Morgan fingerprint density at radius 2 is 2.09 bits per heavy atom. The maximum Gasteiger partial charge on any atom is 0.331 e. The van der Waals surface area contributed by atoms with E-state index in [-0.39, 0.29) is 12.7 Å². The van der Waals surface area contributed by atoms with Crippen LogP contribution in [-0.4, -0.2) is 25.3 Å². The fourth-order valence-electron chi connectivity index (χ4n) is 1.94. The van der Waals surface area contributed by atoms with E-state index in [4.69, 9.17) is 18.6 Å². The summed E-state index contributed by atoms with van der Waals surface area (Å²) in [6.45, 7) is 0.471. The Hall–Kier alpha value is -2.21. The molecule has 0 fully saturated rings. The first-order chi connectivity index (χ1) is 10.7. The molecule has 0 radical (unpaired) electrons. The minimum Gasteiger partial charge on any atom is -0.486 e. The highest BCUT2D eigenvalue weighted by Crippen LogP contribution is 2.30. The molecular formula is C16H13BrO5. The molecule has 0 amide bonds. The Morgan fingerprint density at radius 1 is 1.27 bits per heavy atom. The first kappa shape index (κ1) is 14.7. The highest BCUT2D eigenvalue weighted by molar-refractivity contribution is 9.10. The second kappa shape index (κ2) is 6.70. The summed E-state index contributed by atoms with van der Waals surface area (Å²) >= 11 is 3.19. The molecule has 1 aromatic heterocycles. The molecule has 6 heteroatoms. The monoisotopic (exact) mass is 364 g/mol. The van der Waals surface area contributed by atoms with Crippen molar-refractivity contribution < 1.29 is 23.4 Å². The zero-order valence-corrected chi connectivity index (χ0v) is 13.1. The summed E-state index contributed by atoms with van der Waals surface area (Å²) in [5, 5.41) is 0. The van der Waals surface area contributed by atoms with E-state index in [1.807, 2.05) is 24.3 Å². The Morgan fingerprint density at radius 3 is 2.86 bits per heavy atom. The zero-order chi connectivity index (χ0) is 15.4. The van der Waals surface area contributed by atoms with Crippen LogP contribution >= 0.6 is 15.9 Å². The molecule has 1 unspecified atom stereocenters. The maximum absolute atomic E-state index is 11.7. The van der Waals surface area contributed by atoms with E-state index in [1.54, 1.807) is 18.2 Å². The van der Waals surface area contributed by atoms with Gasteiger partial charge in [0, 0.05) is 6.08 Å². The number of esters is 1. The van der Waals surface area contributed by atoms with Gasteiger partial charge in [0.2, 0.25) is 0 Å². The molecule has 22 heavy (non-hydrogen) atoms. The first-order valence-corrected chi connectivity index (χ1v) is 7.48. The van der Waals surface area contributed by atoms with Gasteiger partial charge in [0.05, 0.1) is 0 Å². The van der Waals surface area contributed by atoms with Crippen molar-refractivity contribution in [3.63, 3.8) is 0 Å². The molecule has 0 aliphatic carbocycles. The molecule has 5 nitrogen and oxygen atoms in total. The van der Waals surface area contributed by atoms with E-state index in [1.165, 1.54) is 6.08 Å². The van der Waals surface area contributed by atoms with Crippen molar-refractivity contribution in [1.29, 1.82) is 0 Å². The Balaban J connectivity index is 1.49. The van der Waals surface area contributed by atoms with E-state index in [0.29, 0.717) is 28.5 Å². The van der Waals surface area contributed by atoms with Gasteiger partial charge in [0.1, 0.15) is 19.0 Å². The second-order valence-electron chi connectivity index (χ2n) is 4.60. The van der Waals surface area contributed by atoms with Crippen molar-refractivity contribution in [2.24, 2.45) is 0 Å². The first-order valence-electron chi connectivity index (χ1n) is 6.69. The van der Waals surface area contributed by atoms with Crippen molar-refractivity contribution >= 4 is 28.0 Å². The third kappa shape index (κ3) is 3.71. The molecule has 2 heterocycles. The summed E-state index contributed by atoms with van der Waals surface area (Å²) in [5.74, 6) is 1.46. The van der Waals surface area contributed by atoms with E-state index in [2.05, 4.69) is 15.9 Å². The van der Waals surface area contributed by atoms with Crippen molar-refractivity contribution in [3.8, 4) is 11.5 Å². The van der Waals surface area contributed by atoms with Crippen LogP contribution in [0.15, 0.2) is 51.6 Å². The molecule has 1 aromatic carbocycles. The van der Waals surface area contributed by atoms with Crippen molar-refractivity contribution in [3.05, 3.63) is 52.9 Å². The Kier molecular flexibility index (Phi) is 4.48. The number of halogens is 1. The number of para-hydroxylation sites is 2. The lowest BCUT2D eigenvalue weighted by Crippen LogP contribution is -2.34. The van der Waals surface area contributed by atoms with Gasteiger partial charge in [-0.25, -0.2) is 4.79 Å². The maximum atomic E-state index is 11.7. The molecule has 1 atom stereocenters. The molecule has 0 saturated carbocycles. The third-order valence-electron chi connectivity index (χ3n) is 2.96. The lowest BCUT2D eigenvalue weighted by molar-refractivity contribution is -0.140. The number of hydrogen-bond acceptors (Lipinski definition) is 5. The van der Waals surface area contributed by atoms with Crippen LogP contribution < -0.4 is 9.47 Å². The quantitative estimate of drug-likeness (QED) is 0.614. The van der Waals surface area contributed by atoms with Crippen molar-refractivity contribution in [1.82, 2.24) is 0 Å². The minimum absolute atomic E-state index is 0.124. The molecular weight excluding hydrogens is 352 g/mol. The topological polar surface area (TPSA) is 57.9 Å². The van der Waals surface area contributed by atoms with Gasteiger partial charge in [-0.2, -0.15) is 0 Å². The number of fused-ring (bicyclic) bond motifs is 1. The predicted molar refractivity (Wildman–Crippen MR) is 82.8 cm³/mol. The van der Waals surface area contributed by atoms with Crippen LogP contribution in [0.2, 0.25) is 0 Å². The number of ether oxygens (including phenoxy) is 3. The molecule has 0 spiro atoms. The van der Waals surface area contributed by atoms with E-state index in [9.17, 15) is 4.79 Å². The van der Waals surface area contributed by atoms with Crippen LogP contribution in [0.3, 0.4) is 0 Å². The van der Waals surface area contributed by atoms with Gasteiger partial charge in [0.25, 0.3) is 0 Å². The standard InChI is InChI=1S/C16H13BrO5/c17-15-7-5-11(22-15)6-8-16(18)20-10-12-9-19-13-3-1-2-4-14(13)21-12/h1-8,12H,9-10H2/b8-6+. The number of rotatable bonds is 4. The van der Waals surface area contributed by atoms with Gasteiger partial charge in [-0.05, 0) is 46.3 Å². The fourth-order valence-corrected chi connectivity index (χ4v) is 2.26.